The zero-order valence-corrected chi connectivity index (χ0v) is 12.6. The van der Waals surface area contributed by atoms with Crippen molar-refractivity contribution in [1.29, 1.82) is 0 Å². The molecule has 6 nitrogen and oxygen atoms in total. The van der Waals surface area contributed by atoms with E-state index in [1.165, 1.54) is 19.2 Å². The minimum atomic E-state index is -0.00948. The third kappa shape index (κ3) is 3.37. The van der Waals surface area contributed by atoms with Gasteiger partial charge in [0.05, 0.1) is 5.92 Å². The Morgan fingerprint density at radius 2 is 2.24 bits per heavy atom. The van der Waals surface area contributed by atoms with Crippen molar-refractivity contribution >= 4 is 29.1 Å². The number of anilines is 2. The van der Waals surface area contributed by atoms with E-state index in [0.717, 1.165) is 25.9 Å². The predicted molar refractivity (Wildman–Crippen MR) is 82.1 cm³/mol. The number of nitrogens with two attached hydrogens (primary N) is 1. The Kier molecular flexibility index (Phi) is 4.14. The van der Waals surface area contributed by atoms with E-state index in [4.69, 9.17) is 17.3 Å². The number of carbonyl (C=O) groups is 1. The van der Waals surface area contributed by atoms with Crippen molar-refractivity contribution in [2.45, 2.75) is 25.7 Å². The molecule has 2 aliphatic rings. The van der Waals surface area contributed by atoms with Crippen LogP contribution in [0.15, 0.2) is 6.33 Å². The summed E-state index contributed by atoms with van der Waals surface area (Å²) >= 11 is 6.17. The molecule has 1 saturated heterocycles. The number of halogens is 1. The number of nitrogen functional groups attached to an aromatic ring is 1. The van der Waals surface area contributed by atoms with E-state index in [2.05, 4.69) is 15.3 Å². The fraction of sp³-hybridized carbons (Fsp3) is 0.643. The second-order valence-electron chi connectivity index (χ2n) is 5.87. The number of hydrogen-bond acceptors (Lipinski definition) is 5. The molecule has 0 radical (unpaired) electrons. The molecule has 3 rings (SSSR count). The van der Waals surface area contributed by atoms with Crippen molar-refractivity contribution in [3.8, 4) is 0 Å². The highest BCUT2D eigenvalue weighted by Crippen LogP contribution is 2.31. The molecule has 1 aliphatic heterocycles. The van der Waals surface area contributed by atoms with Crippen molar-refractivity contribution in [3.05, 3.63) is 11.3 Å². The van der Waals surface area contributed by atoms with Crippen molar-refractivity contribution in [1.82, 2.24) is 15.3 Å². The highest BCUT2D eigenvalue weighted by atomic mass is 35.5. The molecule has 2 fully saturated rings. The molecule has 3 N–H and O–H groups in total. The fourth-order valence-electron chi connectivity index (χ4n) is 2.69. The Morgan fingerprint density at radius 1 is 1.43 bits per heavy atom. The van der Waals surface area contributed by atoms with Gasteiger partial charge in [0.25, 0.3) is 0 Å². The van der Waals surface area contributed by atoms with E-state index < -0.39 is 0 Å². The smallest absolute Gasteiger partial charge is 0.224 e. The molecule has 1 amide bonds. The summed E-state index contributed by atoms with van der Waals surface area (Å²) in [5.41, 5.74) is 5.72. The van der Waals surface area contributed by atoms with E-state index >= 15 is 0 Å². The van der Waals surface area contributed by atoms with Crippen LogP contribution >= 0.6 is 11.6 Å². The second-order valence-corrected chi connectivity index (χ2v) is 6.25. The number of carbonyl (C=O) groups excluding carboxylic acids is 1. The van der Waals surface area contributed by atoms with Gasteiger partial charge in [-0.1, -0.05) is 11.6 Å². The summed E-state index contributed by atoms with van der Waals surface area (Å²) in [5.74, 6) is 1.74. The third-order valence-electron chi connectivity index (χ3n) is 4.15. The molecule has 0 bridgehead atoms. The Hall–Kier alpha value is -1.56. The number of aromatic nitrogens is 2. The molecule has 1 aromatic rings. The van der Waals surface area contributed by atoms with Crippen molar-refractivity contribution in [2.24, 2.45) is 11.8 Å². The molecule has 114 valence electrons. The first-order chi connectivity index (χ1) is 10.1. The summed E-state index contributed by atoms with van der Waals surface area (Å²) in [5, 5.41) is 3.43. The molecule has 1 unspecified atom stereocenters. The maximum atomic E-state index is 12.2. The van der Waals surface area contributed by atoms with Gasteiger partial charge >= 0.3 is 0 Å². The van der Waals surface area contributed by atoms with Crippen LogP contribution in [-0.4, -0.2) is 35.5 Å². The van der Waals surface area contributed by atoms with Gasteiger partial charge in [-0.05, 0) is 31.6 Å². The molecule has 2 heterocycles. The zero-order chi connectivity index (χ0) is 14.8. The summed E-state index contributed by atoms with van der Waals surface area (Å²) in [4.78, 5) is 22.3. The maximum absolute atomic E-state index is 12.2. The molecule has 0 aromatic carbocycles. The zero-order valence-electron chi connectivity index (χ0n) is 11.9. The van der Waals surface area contributed by atoms with Gasteiger partial charge < -0.3 is 16.0 Å². The largest absolute Gasteiger partial charge is 0.382 e. The summed E-state index contributed by atoms with van der Waals surface area (Å²) < 4.78 is 0. The van der Waals surface area contributed by atoms with E-state index in [9.17, 15) is 4.79 Å². The van der Waals surface area contributed by atoms with Gasteiger partial charge in [-0.2, -0.15) is 0 Å². The number of rotatable bonds is 4. The molecule has 1 saturated carbocycles. The Morgan fingerprint density at radius 3 is 3.00 bits per heavy atom. The van der Waals surface area contributed by atoms with Gasteiger partial charge in [0.2, 0.25) is 5.91 Å². The van der Waals surface area contributed by atoms with Crippen LogP contribution < -0.4 is 16.0 Å². The molecule has 7 heteroatoms. The highest BCUT2D eigenvalue weighted by Gasteiger charge is 2.29. The van der Waals surface area contributed by atoms with E-state index in [1.54, 1.807) is 0 Å². The first-order valence-electron chi connectivity index (χ1n) is 7.43. The summed E-state index contributed by atoms with van der Waals surface area (Å²) in [6, 6.07) is 0. The lowest BCUT2D eigenvalue weighted by atomic mass is 9.97. The van der Waals surface area contributed by atoms with Crippen molar-refractivity contribution in [3.63, 3.8) is 0 Å². The van der Waals surface area contributed by atoms with Crippen LogP contribution in [0.2, 0.25) is 5.02 Å². The van der Waals surface area contributed by atoms with Gasteiger partial charge in [-0.15, -0.1) is 0 Å². The van der Waals surface area contributed by atoms with Crippen LogP contribution in [0.4, 0.5) is 11.6 Å². The summed E-state index contributed by atoms with van der Waals surface area (Å²) in [6.45, 7) is 2.28. The lowest BCUT2D eigenvalue weighted by Crippen LogP contribution is -2.44. The van der Waals surface area contributed by atoms with Crippen LogP contribution in [0.5, 0.6) is 0 Å². The minimum Gasteiger partial charge on any atom is -0.382 e. The van der Waals surface area contributed by atoms with Crippen LogP contribution in [0.3, 0.4) is 0 Å². The van der Waals surface area contributed by atoms with Crippen LogP contribution in [0.1, 0.15) is 25.7 Å². The van der Waals surface area contributed by atoms with Crippen LogP contribution in [-0.2, 0) is 4.79 Å². The first kappa shape index (κ1) is 14.4. The predicted octanol–water partition coefficient (Wildman–Crippen LogP) is 1.45. The maximum Gasteiger partial charge on any atom is 0.224 e. The lowest BCUT2D eigenvalue weighted by Gasteiger charge is -2.33. The molecule has 21 heavy (non-hydrogen) atoms. The quantitative estimate of drug-likeness (QED) is 0.879. The number of piperidine rings is 1. The van der Waals surface area contributed by atoms with E-state index in [-0.39, 0.29) is 17.6 Å². The van der Waals surface area contributed by atoms with Gasteiger partial charge in [0.15, 0.2) is 5.82 Å². The molecule has 1 aliphatic carbocycles. The summed E-state index contributed by atoms with van der Waals surface area (Å²) in [7, 11) is 0. The Labute approximate surface area is 129 Å². The molecule has 1 atom stereocenters. The lowest BCUT2D eigenvalue weighted by molar-refractivity contribution is -0.125. The van der Waals surface area contributed by atoms with Crippen LogP contribution in [0, 0.1) is 11.8 Å². The SMILES string of the molecule is Nc1ncnc(N2CCCC(C(=O)NCC3CC3)C2)c1Cl. The monoisotopic (exact) mass is 309 g/mol. The first-order valence-corrected chi connectivity index (χ1v) is 7.81. The number of hydrogen-bond donors (Lipinski definition) is 2. The van der Waals surface area contributed by atoms with Gasteiger partial charge in [0.1, 0.15) is 17.2 Å². The third-order valence-corrected chi connectivity index (χ3v) is 4.51. The number of amides is 1. The highest BCUT2D eigenvalue weighted by molar-refractivity contribution is 6.35. The minimum absolute atomic E-state index is 0.00948. The Bertz CT molecular complexity index is 534. The van der Waals surface area contributed by atoms with Crippen LogP contribution in [0.25, 0.3) is 0 Å². The molecular formula is C14H20ClN5O. The number of nitrogens with one attached hydrogen (secondary N) is 1. The normalized spacial score (nSPS) is 22.1. The Balaban J connectivity index is 1.64. The van der Waals surface area contributed by atoms with Gasteiger partial charge in [0, 0.05) is 19.6 Å². The van der Waals surface area contributed by atoms with Gasteiger partial charge in [-0.3, -0.25) is 4.79 Å². The topological polar surface area (TPSA) is 84.1 Å². The average molecular weight is 310 g/mol. The van der Waals surface area contributed by atoms with E-state index in [1.807, 2.05) is 4.90 Å². The number of nitrogens with zero attached hydrogens (tertiary/aromatic N) is 3. The van der Waals surface area contributed by atoms with Crippen molar-refractivity contribution in [2.75, 3.05) is 30.3 Å². The standard InChI is InChI=1S/C14H20ClN5O/c15-11-12(16)18-8-19-13(11)20-5-1-2-10(7-20)14(21)17-6-9-3-4-9/h8-10H,1-7H2,(H,17,21)(H2,16,18,19). The van der Waals surface area contributed by atoms with Crippen molar-refractivity contribution < 1.29 is 4.79 Å². The fourth-order valence-corrected chi connectivity index (χ4v) is 2.91. The van der Waals surface area contributed by atoms with E-state index in [0.29, 0.717) is 23.3 Å². The molecule has 0 spiro atoms. The molecule has 1 aromatic heterocycles. The van der Waals surface area contributed by atoms with Gasteiger partial charge in [-0.25, -0.2) is 9.97 Å². The summed E-state index contributed by atoms with van der Waals surface area (Å²) in [6.07, 6.45) is 5.75. The molecular weight excluding hydrogens is 290 g/mol. The second kappa shape index (κ2) is 6.05. The average Bonchev–Trinajstić information content (AvgIpc) is 3.32.